The molecule has 0 bridgehead atoms. The molecule has 0 aliphatic heterocycles. The Bertz CT molecular complexity index is 551. The summed E-state index contributed by atoms with van der Waals surface area (Å²) >= 11 is 0. The van der Waals surface area contributed by atoms with Crippen molar-refractivity contribution in [3.05, 3.63) is 42.1 Å². The third kappa shape index (κ3) is 2.86. The number of pyridine rings is 1. The number of fused-ring (bicyclic) bond motifs is 1. The van der Waals surface area contributed by atoms with E-state index < -0.39 is 5.97 Å². The van der Waals surface area contributed by atoms with Crippen molar-refractivity contribution >= 4 is 16.9 Å². The monoisotopic (exact) mass is 243 g/mol. The van der Waals surface area contributed by atoms with Crippen molar-refractivity contribution in [1.82, 2.24) is 4.98 Å². The van der Waals surface area contributed by atoms with Crippen LogP contribution in [0.1, 0.15) is 25.3 Å². The maximum atomic E-state index is 11.1. The van der Waals surface area contributed by atoms with Crippen molar-refractivity contribution in [2.24, 2.45) is 5.92 Å². The number of aromatic nitrogens is 1. The number of carbonyl (C=O) groups is 1. The molecule has 0 radical (unpaired) electrons. The molecule has 3 nitrogen and oxygen atoms in total. The predicted molar refractivity (Wildman–Crippen MR) is 71.5 cm³/mol. The molecule has 0 amide bonds. The second kappa shape index (κ2) is 5.63. The highest BCUT2D eigenvalue weighted by molar-refractivity contribution is 5.79. The lowest BCUT2D eigenvalue weighted by Crippen LogP contribution is -2.16. The van der Waals surface area contributed by atoms with Crippen molar-refractivity contribution in [3.63, 3.8) is 0 Å². The van der Waals surface area contributed by atoms with Crippen LogP contribution >= 0.6 is 0 Å². The van der Waals surface area contributed by atoms with Gasteiger partial charge in [0.25, 0.3) is 0 Å². The van der Waals surface area contributed by atoms with Gasteiger partial charge in [0.1, 0.15) is 0 Å². The van der Waals surface area contributed by atoms with Crippen LogP contribution in [-0.2, 0) is 11.2 Å². The first kappa shape index (κ1) is 12.6. The van der Waals surface area contributed by atoms with E-state index in [-0.39, 0.29) is 5.92 Å². The molecule has 0 aliphatic carbocycles. The molecular formula is C15H17NO2. The highest BCUT2D eigenvalue weighted by Crippen LogP contribution is 2.18. The summed E-state index contributed by atoms with van der Waals surface area (Å²) in [6.07, 6.45) is 3.97. The van der Waals surface area contributed by atoms with Crippen LogP contribution in [0.5, 0.6) is 0 Å². The molecule has 0 aliphatic rings. The SMILES string of the molecule is CCCC(Cc1ccc2ncccc2c1)C(=O)O. The molecule has 3 heteroatoms. The van der Waals surface area contributed by atoms with Gasteiger partial charge in [0.2, 0.25) is 0 Å². The van der Waals surface area contributed by atoms with Gasteiger partial charge in [0.05, 0.1) is 11.4 Å². The van der Waals surface area contributed by atoms with Crippen LogP contribution in [0.2, 0.25) is 0 Å². The summed E-state index contributed by atoms with van der Waals surface area (Å²) in [5.74, 6) is -0.993. The summed E-state index contributed by atoms with van der Waals surface area (Å²) < 4.78 is 0. The van der Waals surface area contributed by atoms with E-state index in [2.05, 4.69) is 4.98 Å². The Labute approximate surface area is 106 Å². The van der Waals surface area contributed by atoms with E-state index in [1.54, 1.807) is 6.20 Å². The molecule has 18 heavy (non-hydrogen) atoms. The lowest BCUT2D eigenvalue weighted by atomic mass is 9.94. The fourth-order valence-electron chi connectivity index (χ4n) is 2.20. The van der Waals surface area contributed by atoms with Gasteiger partial charge in [-0.2, -0.15) is 0 Å². The first-order chi connectivity index (χ1) is 8.70. The lowest BCUT2D eigenvalue weighted by molar-refractivity contribution is -0.141. The minimum Gasteiger partial charge on any atom is -0.481 e. The van der Waals surface area contributed by atoms with Crippen molar-refractivity contribution in [3.8, 4) is 0 Å². The van der Waals surface area contributed by atoms with E-state index >= 15 is 0 Å². The molecule has 0 saturated carbocycles. The molecule has 1 aromatic carbocycles. The van der Waals surface area contributed by atoms with Crippen LogP contribution < -0.4 is 0 Å². The largest absolute Gasteiger partial charge is 0.481 e. The Balaban J connectivity index is 2.22. The molecule has 1 N–H and O–H groups in total. The van der Waals surface area contributed by atoms with Gasteiger partial charge < -0.3 is 5.11 Å². The number of benzene rings is 1. The van der Waals surface area contributed by atoms with Gasteiger partial charge in [0, 0.05) is 11.6 Å². The number of hydrogen-bond donors (Lipinski definition) is 1. The van der Waals surface area contributed by atoms with Crippen LogP contribution in [0.4, 0.5) is 0 Å². The molecule has 0 saturated heterocycles. The Morgan fingerprint density at radius 3 is 2.94 bits per heavy atom. The molecule has 1 atom stereocenters. The van der Waals surface area contributed by atoms with Crippen LogP contribution in [0.25, 0.3) is 10.9 Å². The first-order valence-corrected chi connectivity index (χ1v) is 6.27. The third-order valence-electron chi connectivity index (χ3n) is 3.14. The molecule has 94 valence electrons. The van der Waals surface area contributed by atoms with Crippen molar-refractivity contribution in [2.75, 3.05) is 0 Å². The smallest absolute Gasteiger partial charge is 0.306 e. The maximum Gasteiger partial charge on any atom is 0.306 e. The number of carboxylic acids is 1. The molecule has 1 heterocycles. The van der Waals surface area contributed by atoms with Crippen LogP contribution in [0.15, 0.2) is 36.5 Å². The number of rotatable bonds is 5. The molecule has 0 spiro atoms. The van der Waals surface area contributed by atoms with E-state index in [1.807, 2.05) is 37.3 Å². The normalized spacial score (nSPS) is 12.5. The van der Waals surface area contributed by atoms with Crippen LogP contribution in [0.3, 0.4) is 0 Å². The summed E-state index contributed by atoms with van der Waals surface area (Å²) in [7, 11) is 0. The topological polar surface area (TPSA) is 50.2 Å². The van der Waals surface area contributed by atoms with Crippen LogP contribution in [0, 0.1) is 5.92 Å². The summed E-state index contributed by atoms with van der Waals surface area (Å²) in [6, 6.07) is 9.86. The van der Waals surface area contributed by atoms with Gasteiger partial charge in [0.15, 0.2) is 0 Å². The predicted octanol–water partition coefficient (Wildman–Crippen LogP) is 3.28. The molecule has 1 aromatic heterocycles. The van der Waals surface area contributed by atoms with Crippen molar-refractivity contribution in [2.45, 2.75) is 26.2 Å². The molecule has 2 aromatic rings. The fraction of sp³-hybridized carbons (Fsp3) is 0.333. The first-order valence-electron chi connectivity index (χ1n) is 6.27. The van der Waals surface area contributed by atoms with Gasteiger partial charge in [-0.1, -0.05) is 25.5 Å². The highest BCUT2D eigenvalue weighted by Gasteiger charge is 2.16. The van der Waals surface area contributed by atoms with Crippen molar-refractivity contribution in [1.29, 1.82) is 0 Å². The van der Waals surface area contributed by atoms with E-state index in [4.69, 9.17) is 5.11 Å². The number of aliphatic carboxylic acids is 1. The molecular weight excluding hydrogens is 226 g/mol. The number of nitrogens with zero attached hydrogens (tertiary/aromatic N) is 1. The zero-order valence-corrected chi connectivity index (χ0v) is 10.5. The van der Waals surface area contributed by atoms with Crippen LogP contribution in [-0.4, -0.2) is 16.1 Å². The maximum absolute atomic E-state index is 11.1. The summed E-state index contributed by atoms with van der Waals surface area (Å²) in [6.45, 7) is 2.01. The zero-order valence-electron chi connectivity index (χ0n) is 10.5. The summed E-state index contributed by atoms with van der Waals surface area (Å²) in [4.78, 5) is 15.4. The van der Waals surface area contributed by atoms with E-state index in [0.29, 0.717) is 6.42 Å². The third-order valence-corrected chi connectivity index (χ3v) is 3.14. The average Bonchev–Trinajstić information content (AvgIpc) is 2.38. The van der Waals surface area contributed by atoms with Gasteiger partial charge in [-0.25, -0.2) is 0 Å². The number of carboxylic acid groups (broad SMARTS) is 1. The summed E-state index contributed by atoms with van der Waals surface area (Å²) in [5, 5.41) is 10.2. The average molecular weight is 243 g/mol. The molecule has 2 rings (SSSR count). The standard InChI is InChI=1S/C15H17NO2/c1-2-4-13(15(17)18)10-11-6-7-14-12(9-11)5-3-8-16-14/h3,5-9,13H,2,4,10H2,1H3,(H,17,18). The second-order valence-electron chi connectivity index (χ2n) is 4.56. The van der Waals surface area contributed by atoms with E-state index in [0.717, 1.165) is 29.3 Å². The van der Waals surface area contributed by atoms with Gasteiger partial charge in [-0.3, -0.25) is 9.78 Å². The van der Waals surface area contributed by atoms with E-state index in [9.17, 15) is 4.79 Å². The molecule has 0 fully saturated rings. The number of hydrogen-bond acceptors (Lipinski definition) is 2. The summed E-state index contributed by atoms with van der Waals surface area (Å²) in [5.41, 5.74) is 2.01. The van der Waals surface area contributed by atoms with Crippen molar-refractivity contribution < 1.29 is 9.90 Å². The Morgan fingerprint density at radius 2 is 2.22 bits per heavy atom. The minimum absolute atomic E-state index is 0.288. The Morgan fingerprint density at radius 1 is 1.39 bits per heavy atom. The highest BCUT2D eigenvalue weighted by atomic mass is 16.4. The van der Waals surface area contributed by atoms with Gasteiger partial charge in [-0.15, -0.1) is 0 Å². The van der Waals surface area contributed by atoms with Gasteiger partial charge in [-0.05, 0) is 36.6 Å². The zero-order chi connectivity index (χ0) is 13.0. The fourth-order valence-corrected chi connectivity index (χ4v) is 2.20. The minimum atomic E-state index is -0.705. The van der Waals surface area contributed by atoms with Gasteiger partial charge >= 0.3 is 5.97 Å². The Kier molecular flexibility index (Phi) is 3.92. The van der Waals surface area contributed by atoms with E-state index in [1.165, 1.54) is 0 Å². The Hall–Kier alpha value is -1.90. The second-order valence-corrected chi connectivity index (χ2v) is 4.56. The quantitative estimate of drug-likeness (QED) is 0.876. The lowest BCUT2D eigenvalue weighted by Gasteiger charge is -2.11. The molecule has 1 unspecified atom stereocenters.